The number of benzene rings is 1. The molecule has 0 saturated carbocycles. The van der Waals surface area contributed by atoms with Gasteiger partial charge in [0.15, 0.2) is 0 Å². The number of rotatable bonds is 2. The molecule has 18 heavy (non-hydrogen) atoms. The van der Waals surface area contributed by atoms with Gasteiger partial charge in [0.05, 0.1) is 17.7 Å². The second-order valence-electron chi connectivity index (χ2n) is 4.56. The third-order valence-corrected chi connectivity index (χ3v) is 3.32. The van der Waals surface area contributed by atoms with Gasteiger partial charge in [0.2, 0.25) is 5.91 Å². The van der Waals surface area contributed by atoms with Crippen LogP contribution in [0.3, 0.4) is 0 Å². The zero-order valence-corrected chi connectivity index (χ0v) is 10.5. The molecule has 1 aliphatic rings. The lowest BCUT2D eigenvalue weighted by molar-refractivity contribution is -0.120. The molecule has 0 aliphatic carbocycles. The molecule has 1 saturated heterocycles. The number of nitrogens with zero attached hydrogens (tertiary/aromatic N) is 2. The van der Waals surface area contributed by atoms with Gasteiger partial charge in [-0.25, -0.2) is 0 Å². The molecule has 1 N–H and O–H groups in total. The minimum absolute atomic E-state index is 0.0700. The molecule has 1 fully saturated rings. The van der Waals surface area contributed by atoms with Crippen molar-refractivity contribution >= 4 is 11.6 Å². The van der Waals surface area contributed by atoms with Crippen LogP contribution in [0.15, 0.2) is 24.3 Å². The second-order valence-corrected chi connectivity index (χ2v) is 4.56. The molecule has 1 aromatic carbocycles. The number of carbonyl (C=O) groups excluding carboxylic acids is 1. The van der Waals surface area contributed by atoms with E-state index in [4.69, 9.17) is 5.26 Å². The summed E-state index contributed by atoms with van der Waals surface area (Å²) in [4.78, 5) is 13.9. The lowest BCUT2D eigenvalue weighted by Crippen LogP contribution is -2.47. The quantitative estimate of drug-likeness (QED) is 0.859. The van der Waals surface area contributed by atoms with Crippen LogP contribution in [0.1, 0.15) is 24.8 Å². The number of hydrogen-bond donors (Lipinski definition) is 1. The van der Waals surface area contributed by atoms with E-state index in [0.717, 1.165) is 31.5 Å². The highest BCUT2D eigenvalue weighted by Crippen LogP contribution is 2.17. The zero-order valence-electron chi connectivity index (χ0n) is 10.5. The summed E-state index contributed by atoms with van der Waals surface area (Å²) >= 11 is 0. The van der Waals surface area contributed by atoms with Crippen LogP contribution in [0.2, 0.25) is 0 Å². The summed E-state index contributed by atoms with van der Waals surface area (Å²) < 4.78 is 0. The second kappa shape index (κ2) is 5.65. The molecule has 1 atom stereocenters. The molecule has 0 spiro atoms. The molecule has 0 aromatic heterocycles. The lowest BCUT2D eigenvalue weighted by Gasteiger charge is -2.27. The first-order valence-corrected chi connectivity index (χ1v) is 6.23. The van der Waals surface area contributed by atoms with Crippen molar-refractivity contribution in [3.63, 3.8) is 0 Å². The fourth-order valence-corrected chi connectivity index (χ4v) is 2.18. The van der Waals surface area contributed by atoms with Crippen LogP contribution in [0.4, 0.5) is 5.69 Å². The van der Waals surface area contributed by atoms with Gasteiger partial charge in [0, 0.05) is 12.7 Å². The topological polar surface area (TPSA) is 56.1 Å². The van der Waals surface area contributed by atoms with Crippen molar-refractivity contribution < 1.29 is 4.79 Å². The van der Waals surface area contributed by atoms with Crippen LogP contribution >= 0.6 is 0 Å². The van der Waals surface area contributed by atoms with Gasteiger partial charge in [-0.2, -0.15) is 5.26 Å². The van der Waals surface area contributed by atoms with E-state index in [1.807, 2.05) is 0 Å². The van der Waals surface area contributed by atoms with Gasteiger partial charge < -0.3 is 10.2 Å². The van der Waals surface area contributed by atoms with Crippen LogP contribution in [-0.2, 0) is 4.79 Å². The largest absolute Gasteiger partial charge is 0.314 e. The van der Waals surface area contributed by atoms with E-state index in [1.54, 1.807) is 36.2 Å². The Morgan fingerprint density at radius 2 is 2.11 bits per heavy atom. The number of hydrogen-bond acceptors (Lipinski definition) is 3. The highest BCUT2D eigenvalue weighted by Gasteiger charge is 2.24. The summed E-state index contributed by atoms with van der Waals surface area (Å²) in [6, 6.07) is 9.07. The van der Waals surface area contributed by atoms with Crippen molar-refractivity contribution in [2.75, 3.05) is 18.5 Å². The third kappa shape index (κ3) is 2.69. The monoisotopic (exact) mass is 243 g/mol. The fraction of sp³-hybridized carbons (Fsp3) is 0.429. The van der Waals surface area contributed by atoms with Crippen molar-refractivity contribution in [2.24, 2.45) is 0 Å². The van der Waals surface area contributed by atoms with Crippen LogP contribution < -0.4 is 10.2 Å². The van der Waals surface area contributed by atoms with E-state index in [9.17, 15) is 4.79 Å². The molecule has 1 aliphatic heterocycles. The number of amides is 1. The average Bonchev–Trinajstić information content (AvgIpc) is 2.47. The molecule has 4 nitrogen and oxygen atoms in total. The van der Waals surface area contributed by atoms with E-state index in [0.29, 0.717) is 5.56 Å². The van der Waals surface area contributed by atoms with Crippen molar-refractivity contribution in [2.45, 2.75) is 25.3 Å². The molecule has 1 amide bonds. The van der Waals surface area contributed by atoms with Gasteiger partial charge in [0.1, 0.15) is 0 Å². The van der Waals surface area contributed by atoms with E-state index in [-0.39, 0.29) is 11.9 Å². The van der Waals surface area contributed by atoms with Crippen LogP contribution in [0.25, 0.3) is 0 Å². The summed E-state index contributed by atoms with van der Waals surface area (Å²) in [5.41, 5.74) is 1.43. The maximum absolute atomic E-state index is 12.3. The summed E-state index contributed by atoms with van der Waals surface area (Å²) in [5, 5.41) is 12.0. The van der Waals surface area contributed by atoms with Crippen LogP contribution in [0, 0.1) is 11.3 Å². The zero-order chi connectivity index (χ0) is 13.0. The molecule has 1 aromatic rings. The summed E-state index contributed by atoms with van der Waals surface area (Å²) in [6.07, 6.45) is 3.15. The van der Waals surface area contributed by atoms with Gasteiger partial charge in [-0.3, -0.25) is 4.79 Å². The van der Waals surface area contributed by atoms with Gasteiger partial charge in [-0.1, -0.05) is 6.42 Å². The molecular formula is C14H17N3O. The van der Waals surface area contributed by atoms with E-state index < -0.39 is 0 Å². The van der Waals surface area contributed by atoms with Crippen molar-refractivity contribution in [3.05, 3.63) is 29.8 Å². The minimum Gasteiger partial charge on any atom is -0.314 e. The molecule has 0 bridgehead atoms. The number of anilines is 1. The highest BCUT2D eigenvalue weighted by molar-refractivity contribution is 5.96. The number of carbonyl (C=O) groups is 1. The molecule has 0 radical (unpaired) electrons. The number of nitriles is 1. The first kappa shape index (κ1) is 12.6. The maximum Gasteiger partial charge on any atom is 0.243 e. The van der Waals surface area contributed by atoms with Crippen LogP contribution in [-0.4, -0.2) is 25.5 Å². The summed E-state index contributed by atoms with van der Waals surface area (Å²) in [7, 11) is 1.78. The average molecular weight is 243 g/mol. The molecule has 2 rings (SSSR count). The fourth-order valence-electron chi connectivity index (χ4n) is 2.18. The summed E-state index contributed by atoms with van der Waals surface area (Å²) in [6.45, 7) is 0.914. The lowest BCUT2D eigenvalue weighted by atomic mass is 10.0. The van der Waals surface area contributed by atoms with Crippen molar-refractivity contribution in [1.82, 2.24) is 5.32 Å². The number of piperidine rings is 1. The Balaban J connectivity index is 2.07. The Morgan fingerprint density at radius 3 is 2.67 bits per heavy atom. The Morgan fingerprint density at radius 1 is 1.39 bits per heavy atom. The molecule has 4 heteroatoms. The number of likely N-dealkylation sites (N-methyl/N-ethyl adjacent to an activating group) is 1. The Labute approximate surface area is 107 Å². The SMILES string of the molecule is CN(C(=O)C1CCCCN1)c1ccc(C#N)cc1. The first-order chi connectivity index (χ1) is 8.72. The summed E-state index contributed by atoms with van der Waals surface area (Å²) in [5.74, 6) is 0.0967. The predicted molar refractivity (Wildman–Crippen MR) is 70.2 cm³/mol. The van der Waals surface area contributed by atoms with Crippen LogP contribution in [0.5, 0.6) is 0 Å². The number of nitrogens with one attached hydrogen (secondary N) is 1. The van der Waals surface area contributed by atoms with E-state index in [1.165, 1.54) is 0 Å². The highest BCUT2D eigenvalue weighted by atomic mass is 16.2. The van der Waals surface area contributed by atoms with Gasteiger partial charge in [-0.15, -0.1) is 0 Å². The smallest absolute Gasteiger partial charge is 0.243 e. The van der Waals surface area contributed by atoms with Crippen molar-refractivity contribution in [1.29, 1.82) is 5.26 Å². The molecule has 1 heterocycles. The maximum atomic E-state index is 12.3. The molecule has 94 valence electrons. The normalized spacial score (nSPS) is 19.0. The van der Waals surface area contributed by atoms with Gasteiger partial charge in [0.25, 0.3) is 0 Å². The van der Waals surface area contributed by atoms with Crippen molar-refractivity contribution in [3.8, 4) is 6.07 Å². The molecule has 1 unspecified atom stereocenters. The Kier molecular flexibility index (Phi) is 3.96. The standard InChI is InChI=1S/C14H17N3O/c1-17(12-7-5-11(10-15)6-8-12)14(18)13-4-2-3-9-16-13/h5-8,13,16H,2-4,9H2,1H3. The molecular weight excluding hydrogens is 226 g/mol. The van der Waals surface area contributed by atoms with Gasteiger partial charge in [-0.05, 0) is 43.7 Å². The first-order valence-electron chi connectivity index (χ1n) is 6.23. The predicted octanol–water partition coefficient (Wildman–Crippen LogP) is 1.66. The van der Waals surface area contributed by atoms with Gasteiger partial charge >= 0.3 is 0 Å². The Hall–Kier alpha value is -1.86. The Bertz CT molecular complexity index is 455. The van der Waals surface area contributed by atoms with E-state index >= 15 is 0 Å². The third-order valence-electron chi connectivity index (χ3n) is 3.32. The minimum atomic E-state index is -0.0700. The van der Waals surface area contributed by atoms with E-state index in [2.05, 4.69) is 11.4 Å².